The summed E-state index contributed by atoms with van der Waals surface area (Å²) in [5.41, 5.74) is 3.97. The van der Waals surface area contributed by atoms with Gasteiger partial charge in [0.05, 0.1) is 12.8 Å². The van der Waals surface area contributed by atoms with Crippen molar-refractivity contribution in [2.75, 3.05) is 6.61 Å². The van der Waals surface area contributed by atoms with Crippen LogP contribution in [-0.4, -0.2) is 27.1 Å². The number of aromatic hydroxyl groups is 1. The number of H-pyrrole nitrogens is 1. The Hall–Kier alpha value is -2.82. The summed E-state index contributed by atoms with van der Waals surface area (Å²) in [5.74, 6) is 1.08. The molecule has 5 heteroatoms. The number of benzene rings is 2. The molecule has 1 heterocycles. The van der Waals surface area contributed by atoms with Crippen molar-refractivity contribution in [3.05, 3.63) is 48.2 Å². The van der Waals surface area contributed by atoms with Gasteiger partial charge in [0.1, 0.15) is 17.2 Å². The molecule has 0 fully saturated rings. The lowest BCUT2D eigenvalue weighted by Crippen LogP contribution is -2.12. The minimum Gasteiger partial charge on any atom is -0.507 e. The maximum absolute atomic E-state index is 11.2. The second kappa shape index (κ2) is 10.5. The Morgan fingerprint density at radius 2 is 1.65 bits per heavy atom. The van der Waals surface area contributed by atoms with Gasteiger partial charge >= 0.3 is 0 Å². The van der Waals surface area contributed by atoms with Crippen LogP contribution in [0.15, 0.2) is 42.6 Å². The van der Waals surface area contributed by atoms with Gasteiger partial charge in [-0.25, -0.2) is 0 Å². The van der Waals surface area contributed by atoms with Crippen molar-refractivity contribution in [2.45, 2.75) is 71.6 Å². The highest BCUT2D eigenvalue weighted by atomic mass is 16.5. The summed E-state index contributed by atoms with van der Waals surface area (Å²) in [7, 11) is 0. The predicted octanol–water partition coefficient (Wildman–Crippen LogP) is 6.88. The molecule has 31 heavy (non-hydrogen) atoms. The molecule has 0 saturated carbocycles. The lowest BCUT2D eigenvalue weighted by atomic mass is 9.83. The molecule has 0 radical (unpaired) electrons. The van der Waals surface area contributed by atoms with Gasteiger partial charge in [-0.2, -0.15) is 0 Å². The number of phenols is 1. The fraction of sp³-hybridized carbons (Fsp3) is 0.462. The number of aromatic amines is 1. The standard InChI is InChI=1S/C26H35N3O2/c1-5-6-7-8-9-12-15-31-19-16-22(25(30)23(17-19)26(2,3)4)20-13-10-11-14-21(20)24-18-27-29-28-24/h10-11,13-14,16-18,30H,5-9,12,15H2,1-4H3,(H,27,28,29). The molecule has 0 unspecified atom stereocenters. The Kier molecular flexibility index (Phi) is 7.72. The molecule has 0 aliphatic carbocycles. The Morgan fingerprint density at radius 3 is 2.32 bits per heavy atom. The van der Waals surface area contributed by atoms with E-state index < -0.39 is 0 Å². The maximum atomic E-state index is 11.2. The van der Waals surface area contributed by atoms with E-state index in [9.17, 15) is 5.11 Å². The molecule has 0 amide bonds. The molecular weight excluding hydrogens is 386 g/mol. The van der Waals surface area contributed by atoms with Crippen LogP contribution in [0.2, 0.25) is 0 Å². The van der Waals surface area contributed by atoms with Crippen molar-refractivity contribution in [1.29, 1.82) is 0 Å². The summed E-state index contributed by atoms with van der Waals surface area (Å²) < 4.78 is 6.15. The van der Waals surface area contributed by atoms with Gasteiger partial charge in [-0.15, -0.1) is 5.10 Å². The first kappa shape index (κ1) is 22.9. The highest BCUT2D eigenvalue weighted by Gasteiger charge is 2.24. The zero-order chi connectivity index (χ0) is 22.3. The number of rotatable bonds is 10. The zero-order valence-electron chi connectivity index (χ0n) is 19.2. The van der Waals surface area contributed by atoms with Gasteiger partial charge < -0.3 is 9.84 Å². The van der Waals surface area contributed by atoms with Crippen LogP contribution in [0.3, 0.4) is 0 Å². The van der Waals surface area contributed by atoms with Gasteiger partial charge in [0.15, 0.2) is 0 Å². The second-order valence-corrected chi connectivity index (χ2v) is 9.14. The first-order chi connectivity index (χ1) is 14.9. The molecule has 166 valence electrons. The van der Waals surface area contributed by atoms with Gasteiger partial charge in [-0.1, -0.05) is 89.3 Å². The van der Waals surface area contributed by atoms with E-state index in [4.69, 9.17) is 4.74 Å². The number of aromatic nitrogens is 3. The molecule has 2 aromatic carbocycles. The van der Waals surface area contributed by atoms with E-state index in [1.807, 2.05) is 36.4 Å². The van der Waals surface area contributed by atoms with Crippen LogP contribution in [0, 0.1) is 0 Å². The Bertz CT molecular complexity index is 959. The van der Waals surface area contributed by atoms with E-state index in [0.717, 1.165) is 40.1 Å². The normalized spacial score (nSPS) is 11.6. The third-order valence-corrected chi connectivity index (χ3v) is 5.57. The highest BCUT2D eigenvalue weighted by molar-refractivity contribution is 5.86. The van der Waals surface area contributed by atoms with Gasteiger partial charge in [0.2, 0.25) is 0 Å². The predicted molar refractivity (Wildman–Crippen MR) is 126 cm³/mol. The van der Waals surface area contributed by atoms with Crippen LogP contribution in [0.4, 0.5) is 0 Å². The van der Waals surface area contributed by atoms with Crippen molar-refractivity contribution >= 4 is 0 Å². The molecule has 1 aromatic heterocycles. The van der Waals surface area contributed by atoms with Crippen LogP contribution in [0.1, 0.15) is 71.8 Å². The summed E-state index contributed by atoms with van der Waals surface area (Å²) in [6, 6.07) is 11.9. The van der Waals surface area contributed by atoms with E-state index in [0.29, 0.717) is 6.61 Å². The monoisotopic (exact) mass is 421 g/mol. The lowest BCUT2D eigenvalue weighted by molar-refractivity contribution is 0.303. The quantitative estimate of drug-likeness (QED) is 0.350. The minimum absolute atomic E-state index is 0.221. The van der Waals surface area contributed by atoms with Crippen molar-refractivity contribution < 1.29 is 9.84 Å². The minimum atomic E-state index is -0.221. The molecule has 2 N–H and O–H groups in total. The molecule has 0 atom stereocenters. The summed E-state index contributed by atoms with van der Waals surface area (Å²) in [6.45, 7) is 9.23. The fourth-order valence-electron chi connectivity index (χ4n) is 3.82. The highest BCUT2D eigenvalue weighted by Crippen LogP contribution is 2.44. The summed E-state index contributed by atoms with van der Waals surface area (Å²) in [5, 5.41) is 22.0. The summed E-state index contributed by atoms with van der Waals surface area (Å²) in [4.78, 5) is 0. The zero-order valence-corrected chi connectivity index (χ0v) is 19.2. The van der Waals surface area contributed by atoms with Crippen LogP contribution < -0.4 is 4.74 Å². The molecule has 3 rings (SSSR count). The Balaban J connectivity index is 1.90. The van der Waals surface area contributed by atoms with Crippen molar-refractivity contribution in [3.63, 3.8) is 0 Å². The van der Waals surface area contributed by atoms with Crippen LogP contribution in [0.25, 0.3) is 22.4 Å². The third-order valence-electron chi connectivity index (χ3n) is 5.57. The maximum Gasteiger partial charge on any atom is 0.127 e. The van der Waals surface area contributed by atoms with E-state index in [1.54, 1.807) is 6.20 Å². The van der Waals surface area contributed by atoms with Gasteiger partial charge in [-0.3, -0.25) is 5.10 Å². The van der Waals surface area contributed by atoms with Crippen molar-refractivity contribution in [1.82, 2.24) is 15.4 Å². The number of nitrogens with one attached hydrogen (secondary N) is 1. The molecule has 0 spiro atoms. The van der Waals surface area contributed by atoms with E-state index in [2.05, 4.69) is 43.1 Å². The second-order valence-electron chi connectivity index (χ2n) is 9.14. The van der Waals surface area contributed by atoms with Crippen molar-refractivity contribution in [2.24, 2.45) is 0 Å². The fourth-order valence-corrected chi connectivity index (χ4v) is 3.82. The Morgan fingerprint density at radius 1 is 0.935 bits per heavy atom. The molecule has 3 aromatic rings. The number of hydrogen-bond acceptors (Lipinski definition) is 4. The van der Waals surface area contributed by atoms with Gasteiger partial charge in [0.25, 0.3) is 0 Å². The molecule has 5 nitrogen and oxygen atoms in total. The number of unbranched alkanes of at least 4 members (excludes halogenated alkanes) is 5. The average Bonchev–Trinajstić information content (AvgIpc) is 3.28. The van der Waals surface area contributed by atoms with E-state index in [-0.39, 0.29) is 11.2 Å². The number of hydrogen-bond donors (Lipinski definition) is 2. The lowest BCUT2D eigenvalue weighted by Gasteiger charge is -2.24. The van der Waals surface area contributed by atoms with Crippen LogP contribution >= 0.6 is 0 Å². The van der Waals surface area contributed by atoms with Crippen LogP contribution in [0.5, 0.6) is 11.5 Å². The molecule has 0 bridgehead atoms. The van der Waals surface area contributed by atoms with Crippen molar-refractivity contribution in [3.8, 4) is 33.9 Å². The molecule has 0 aliphatic heterocycles. The van der Waals surface area contributed by atoms with Gasteiger partial charge in [0, 0.05) is 16.7 Å². The molecule has 0 aliphatic rings. The van der Waals surface area contributed by atoms with Crippen LogP contribution in [-0.2, 0) is 5.41 Å². The topological polar surface area (TPSA) is 71.0 Å². The number of nitrogens with zero attached hydrogens (tertiary/aromatic N) is 2. The van der Waals surface area contributed by atoms with Gasteiger partial charge in [-0.05, 0) is 29.5 Å². The molecular formula is C26H35N3O2. The number of phenolic OH excluding ortho intramolecular Hbond substituents is 1. The average molecular weight is 422 g/mol. The largest absolute Gasteiger partial charge is 0.507 e. The van der Waals surface area contributed by atoms with E-state index >= 15 is 0 Å². The SMILES string of the molecule is CCCCCCCCOc1cc(-c2ccccc2-c2c[nH]nn2)c(O)c(C(C)(C)C)c1. The molecule has 0 saturated heterocycles. The smallest absolute Gasteiger partial charge is 0.127 e. The summed E-state index contributed by atoms with van der Waals surface area (Å²) in [6.07, 6.45) is 9.12. The first-order valence-electron chi connectivity index (χ1n) is 11.4. The first-order valence-corrected chi connectivity index (χ1v) is 11.4. The van der Waals surface area contributed by atoms with E-state index in [1.165, 1.54) is 32.1 Å². The number of ether oxygens (including phenoxy) is 1. The summed E-state index contributed by atoms with van der Waals surface area (Å²) >= 11 is 0. The third kappa shape index (κ3) is 5.87. The Labute approximate surface area is 185 Å².